The van der Waals surface area contributed by atoms with E-state index < -0.39 is 0 Å². The number of aromatic nitrogens is 2. The first-order chi connectivity index (χ1) is 17.1. The molecule has 0 bridgehead atoms. The molecule has 1 fully saturated rings. The van der Waals surface area contributed by atoms with Crippen LogP contribution in [0.4, 0.5) is 0 Å². The van der Waals surface area contributed by atoms with E-state index >= 15 is 0 Å². The van der Waals surface area contributed by atoms with Crippen molar-refractivity contribution in [1.82, 2.24) is 15.1 Å². The van der Waals surface area contributed by atoms with Gasteiger partial charge in [-0.15, -0.1) is 0 Å². The first-order valence-corrected chi connectivity index (χ1v) is 11.9. The summed E-state index contributed by atoms with van der Waals surface area (Å²) in [5, 5.41) is 17.6. The van der Waals surface area contributed by atoms with Crippen LogP contribution in [-0.4, -0.2) is 35.9 Å². The Labute approximate surface area is 206 Å². The third-order valence-electron chi connectivity index (χ3n) is 6.24. The van der Waals surface area contributed by atoms with Crippen molar-refractivity contribution in [2.45, 2.75) is 44.7 Å². The standard InChI is InChI=1S/C28H30N4O3/c1-34-25-14-13-21(16-26(25)35-2)27-23(19-32(31-27)18-20-9-5-3-6-10-20)15-22(17-29)28(33)30-24-11-7-4-8-12-24/h3,5-6,9-10,13-16,19,24H,4,7-8,11-12,18H2,1-2H3,(H,30,33)/b22-15+. The van der Waals surface area contributed by atoms with Gasteiger partial charge in [-0.2, -0.15) is 10.4 Å². The van der Waals surface area contributed by atoms with Gasteiger partial charge in [0.05, 0.1) is 26.5 Å². The summed E-state index contributed by atoms with van der Waals surface area (Å²) in [5.41, 5.74) is 3.30. The molecule has 7 heteroatoms. The van der Waals surface area contributed by atoms with Gasteiger partial charge in [0.15, 0.2) is 11.5 Å². The molecule has 1 aromatic heterocycles. The van der Waals surface area contributed by atoms with E-state index in [2.05, 4.69) is 11.4 Å². The van der Waals surface area contributed by atoms with Gasteiger partial charge in [-0.05, 0) is 42.7 Å². The van der Waals surface area contributed by atoms with Crippen LogP contribution in [0.5, 0.6) is 11.5 Å². The molecule has 0 spiro atoms. The lowest BCUT2D eigenvalue weighted by Gasteiger charge is -2.22. The van der Waals surface area contributed by atoms with Gasteiger partial charge in [-0.25, -0.2) is 0 Å². The Kier molecular flexibility index (Phi) is 7.84. The minimum absolute atomic E-state index is 0.0663. The molecule has 1 aliphatic rings. The number of nitrogens with zero attached hydrogens (tertiary/aromatic N) is 3. The van der Waals surface area contributed by atoms with Crippen LogP contribution in [-0.2, 0) is 11.3 Å². The molecule has 2 aromatic carbocycles. The Hall–Kier alpha value is -4.05. The van der Waals surface area contributed by atoms with Crippen LogP contribution in [0.2, 0.25) is 0 Å². The lowest BCUT2D eigenvalue weighted by Crippen LogP contribution is -2.36. The second kappa shape index (κ2) is 11.4. The van der Waals surface area contributed by atoms with Crippen molar-refractivity contribution in [2.75, 3.05) is 14.2 Å². The minimum atomic E-state index is -0.339. The molecule has 1 aliphatic carbocycles. The van der Waals surface area contributed by atoms with Gasteiger partial charge in [0, 0.05) is 23.4 Å². The highest BCUT2D eigenvalue weighted by Gasteiger charge is 2.20. The third kappa shape index (κ3) is 5.90. The SMILES string of the molecule is COc1ccc(-c2nn(Cc3ccccc3)cc2/C=C(\C#N)C(=O)NC2CCCCC2)cc1OC. The lowest BCUT2D eigenvalue weighted by molar-refractivity contribution is -0.117. The van der Waals surface area contributed by atoms with E-state index in [1.807, 2.05) is 59.4 Å². The second-order valence-corrected chi connectivity index (χ2v) is 8.66. The molecule has 3 aromatic rings. The Balaban J connectivity index is 1.70. The number of nitriles is 1. The summed E-state index contributed by atoms with van der Waals surface area (Å²) in [4.78, 5) is 12.9. The van der Waals surface area contributed by atoms with E-state index in [0.29, 0.717) is 29.3 Å². The molecule has 0 saturated heterocycles. The summed E-state index contributed by atoms with van der Waals surface area (Å²) >= 11 is 0. The van der Waals surface area contributed by atoms with Gasteiger partial charge in [0.25, 0.3) is 5.91 Å². The van der Waals surface area contributed by atoms with E-state index in [1.54, 1.807) is 20.3 Å². The van der Waals surface area contributed by atoms with Gasteiger partial charge in [-0.3, -0.25) is 9.48 Å². The van der Waals surface area contributed by atoms with E-state index in [1.165, 1.54) is 6.42 Å². The predicted molar refractivity (Wildman–Crippen MR) is 135 cm³/mol. The fourth-order valence-electron chi connectivity index (χ4n) is 4.42. The smallest absolute Gasteiger partial charge is 0.262 e. The van der Waals surface area contributed by atoms with Crippen molar-refractivity contribution >= 4 is 12.0 Å². The summed E-state index contributed by atoms with van der Waals surface area (Å²) in [6, 6.07) is 17.8. The Morgan fingerprint density at radius 1 is 1.11 bits per heavy atom. The van der Waals surface area contributed by atoms with Crippen LogP contribution < -0.4 is 14.8 Å². The van der Waals surface area contributed by atoms with Gasteiger partial charge in [0.1, 0.15) is 11.6 Å². The molecule has 1 saturated carbocycles. The summed E-state index contributed by atoms with van der Waals surface area (Å²) < 4.78 is 12.7. The number of carbonyl (C=O) groups is 1. The zero-order valence-corrected chi connectivity index (χ0v) is 20.2. The molecule has 7 nitrogen and oxygen atoms in total. The fraction of sp³-hybridized carbons (Fsp3) is 0.321. The van der Waals surface area contributed by atoms with Gasteiger partial charge in [0.2, 0.25) is 0 Å². The highest BCUT2D eigenvalue weighted by molar-refractivity contribution is 6.02. The minimum Gasteiger partial charge on any atom is -0.493 e. The number of hydrogen-bond donors (Lipinski definition) is 1. The number of carbonyl (C=O) groups excluding carboxylic acids is 1. The van der Waals surface area contributed by atoms with Crippen LogP contribution in [0.3, 0.4) is 0 Å². The Morgan fingerprint density at radius 2 is 1.86 bits per heavy atom. The predicted octanol–water partition coefficient (Wildman–Crippen LogP) is 4.97. The lowest BCUT2D eigenvalue weighted by atomic mass is 9.95. The third-order valence-corrected chi connectivity index (χ3v) is 6.24. The topological polar surface area (TPSA) is 89.2 Å². The number of hydrogen-bond acceptors (Lipinski definition) is 5. The van der Waals surface area contributed by atoms with Gasteiger partial charge in [-0.1, -0.05) is 49.6 Å². The highest BCUT2D eigenvalue weighted by Crippen LogP contribution is 2.34. The highest BCUT2D eigenvalue weighted by atomic mass is 16.5. The molecular weight excluding hydrogens is 440 g/mol. The van der Waals surface area contributed by atoms with E-state index in [9.17, 15) is 10.1 Å². The number of methoxy groups -OCH3 is 2. The zero-order chi connectivity index (χ0) is 24.6. The summed E-state index contributed by atoms with van der Waals surface area (Å²) in [7, 11) is 3.17. The van der Waals surface area contributed by atoms with Crippen molar-refractivity contribution in [1.29, 1.82) is 5.26 Å². The van der Waals surface area contributed by atoms with Crippen molar-refractivity contribution in [2.24, 2.45) is 0 Å². The van der Waals surface area contributed by atoms with Crippen LogP contribution in [0.1, 0.15) is 43.2 Å². The van der Waals surface area contributed by atoms with E-state index in [0.717, 1.165) is 36.8 Å². The normalized spacial score (nSPS) is 14.3. The van der Waals surface area contributed by atoms with Crippen molar-refractivity contribution < 1.29 is 14.3 Å². The Morgan fingerprint density at radius 3 is 2.54 bits per heavy atom. The molecule has 0 unspecified atom stereocenters. The zero-order valence-electron chi connectivity index (χ0n) is 20.2. The van der Waals surface area contributed by atoms with E-state index in [-0.39, 0.29) is 17.5 Å². The number of ether oxygens (including phenoxy) is 2. The van der Waals surface area contributed by atoms with Crippen LogP contribution in [0.25, 0.3) is 17.3 Å². The van der Waals surface area contributed by atoms with Gasteiger partial charge < -0.3 is 14.8 Å². The maximum atomic E-state index is 12.9. The first kappa shape index (κ1) is 24.1. The number of amides is 1. The molecular formula is C28H30N4O3. The number of nitrogens with one attached hydrogen (secondary N) is 1. The van der Waals surface area contributed by atoms with Gasteiger partial charge >= 0.3 is 0 Å². The molecule has 1 heterocycles. The summed E-state index contributed by atoms with van der Waals surface area (Å²) in [6.45, 7) is 0.561. The first-order valence-electron chi connectivity index (χ1n) is 11.9. The molecule has 0 radical (unpaired) electrons. The molecule has 4 rings (SSSR count). The molecule has 35 heavy (non-hydrogen) atoms. The average Bonchev–Trinajstić information content (AvgIpc) is 3.29. The van der Waals surface area contributed by atoms with Crippen molar-refractivity contribution in [3.05, 3.63) is 71.4 Å². The number of benzene rings is 2. The second-order valence-electron chi connectivity index (χ2n) is 8.66. The maximum absolute atomic E-state index is 12.9. The van der Waals surface area contributed by atoms with Crippen LogP contribution in [0.15, 0.2) is 60.3 Å². The van der Waals surface area contributed by atoms with Crippen molar-refractivity contribution in [3.63, 3.8) is 0 Å². The molecule has 0 aliphatic heterocycles. The molecule has 1 amide bonds. The summed E-state index contributed by atoms with van der Waals surface area (Å²) in [5.74, 6) is 0.850. The fourth-order valence-corrected chi connectivity index (χ4v) is 4.42. The van der Waals surface area contributed by atoms with E-state index in [4.69, 9.17) is 14.6 Å². The van der Waals surface area contributed by atoms with Crippen LogP contribution in [0, 0.1) is 11.3 Å². The molecule has 180 valence electrons. The monoisotopic (exact) mass is 470 g/mol. The quantitative estimate of drug-likeness (QED) is 0.371. The largest absolute Gasteiger partial charge is 0.493 e. The van der Waals surface area contributed by atoms with Crippen LogP contribution >= 0.6 is 0 Å². The molecule has 0 atom stereocenters. The average molecular weight is 471 g/mol. The maximum Gasteiger partial charge on any atom is 0.262 e. The van der Waals surface area contributed by atoms with Crippen molar-refractivity contribution in [3.8, 4) is 28.8 Å². The number of rotatable bonds is 8. The molecule has 1 N–H and O–H groups in total. The summed E-state index contributed by atoms with van der Waals surface area (Å²) in [6.07, 6.45) is 8.80. The Bertz CT molecular complexity index is 1230.